The van der Waals surface area contributed by atoms with E-state index in [4.69, 9.17) is 0 Å². The first-order chi connectivity index (χ1) is 11.7. The molecule has 1 heterocycles. The number of rotatable bonds is 6. The van der Waals surface area contributed by atoms with E-state index < -0.39 is 0 Å². The highest BCUT2D eigenvalue weighted by molar-refractivity contribution is 8.00. The molecule has 0 aromatic heterocycles. The van der Waals surface area contributed by atoms with Crippen LogP contribution in [0.2, 0.25) is 0 Å². The van der Waals surface area contributed by atoms with E-state index in [9.17, 15) is 4.39 Å². The second kappa shape index (κ2) is 10.5. The maximum absolute atomic E-state index is 12.9. The minimum absolute atomic E-state index is 0. The first-order valence-corrected chi connectivity index (χ1v) is 10.6. The SMILES string of the molecule is CSc1ccc(SC2CCN(CCc3ccc(F)cc3)CC2)cc1.Cl. The van der Waals surface area contributed by atoms with Crippen LogP contribution < -0.4 is 0 Å². The van der Waals surface area contributed by atoms with Crippen molar-refractivity contribution in [1.29, 1.82) is 0 Å². The molecule has 2 aromatic rings. The Balaban J connectivity index is 0.00000225. The van der Waals surface area contributed by atoms with Gasteiger partial charge in [0.25, 0.3) is 0 Å². The van der Waals surface area contributed by atoms with E-state index in [1.165, 1.54) is 41.3 Å². The third kappa shape index (κ3) is 6.52. The molecule has 0 spiro atoms. The molecule has 0 aliphatic carbocycles. The van der Waals surface area contributed by atoms with Gasteiger partial charge in [-0.25, -0.2) is 4.39 Å². The topological polar surface area (TPSA) is 3.24 Å². The summed E-state index contributed by atoms with van der Waals surface area (Å²) in [7, 11) is 0. The summed E-state index contributed by atoms with van der Waals surface area (Å²) in [4.78, 5) is 5.25. The number of piperidine rings is 1. The van der Waals surface area contributed by atoms with Crippen molar-refractivity contribution in [3.63, 3.8) is 0 Å². The molecule has 0 N–H and O–H groups in total. The van der Waals surface area contributed by atoms with E-state index in [-0.39, 0.29) is 18.2 Å². The van der Waals surface area contributed by atoms with Crippen molar-refractivity contribution in [3.8, 4) is 0 Å². The number of hydrogen-bond acceptors (Lipinski definition) is 3. The fourth-order valence-corrected chi connectivity index (χ4v) is 4.57. The number of hydrogen-bond donors (Lipinski definition) is 0. The number of thioether (sulfide) groups is 2. The summed E-state index contributed by atoms with van der Waals surface area (Å²) in [5, 5.41) is 0.729. The zero-order chi connectivity index (χ0) is 16.8. The van der Waals surface area contributed by atoms with E-state index >= 15 is 0 Å². The molecule has 1 saturated heterocycles. The number of nitrogens with zero attached hydrogens (tertiary/aromatic N) is 1. The largest absolute Gasteiger partial charge is 0.303 e. The van der Waals surface area contributed by atoms with Gasteiger partial charge in [0.2, 0.25) is 0 Å². The molecule has 0 atom stereocenters. The predicted molar refractivity (Wildman–Crippen MR) is 111 cm³/mol. The Kier molecular flexibility index (Phi) is 8.63. The fourth-order valence-electron chi connectivity index (χ4n) is 3.04. The quantitative estimate of drug-likeness (QED) is 0.569. The van der Waals surface area contributed by atoms with Crippen LogP contribution in [-0.4, -0.2) is 36.0 Å². The van der Waals surface area contributed by atoms with E-state index in [1.807, 2.05) is 23.9 Å². The number of likely N-dealkylation sites (tertiary alicyclic amines) is 1. The summed E-state index contributed by atoms with van der Waals surface area (Å²) in [5.74, 6) is -0.151. The second-order valence-electron chi connectivity index (χ2n) is 6.21. The van der Waals surface area contributed by atoms with Gasteiger partial charge in [-0.1, -0.05) is 12.1 Å². The Morgan fingerprint density at radius 2 is 1.56 bits per heavy atom. The highest BCUT2D eigenvalue weighted by Gasteiger charge is 2.19. The highest BCUT2D eigenvalue weighted by atomic mass is 35.5. The maximum atomic E-state index is 12.9. The molecule has 1 aliphatic rings. The van der Waals surface area contributed by atoms with Crippen LogP contribution in [-0.2, 0) is 6.42 Å². The lowest BCUT2D eigenvalue weighted by atomic mass is 10.1. The molecule has 136 valence electrons. The summed E-state index contributed by atoms with van der Waals surface area (Å²) >= 11 is 3.82. The van der Waals surface area contributed by atoms with Crippen LogP contribution in [0.25, 0.3) is 0 Å². The van der Waals surface area contributed by atoms with E-state index in [2.05, 4.69) is 35.4 Å². The lowest BCUT2D eigenvalue weighted by Crippen LogP contribution is -2.36. The van der Waals surface area contributed by atoms with Gasteiger partial charge < -0.3 is 4.90 Å². The lowest BCUT2D eigenvalue weighted by Gasteiger charge is -2.31. The number of benzene rings is 2. The van der Waals surface area contributed by atoms with Crippen molar-refractivity contribution in [2.45, 2.75) is 34.3 Å². The van der Waals surface area contributed by atoms with Crippen molar-refractivity contribution in [2.75, 3.05) is 25.9 Å². The standard InChI is InChI=1S/C20H24FNS2.ClH/c1-23-18-6-8-19(9-7-18)24-20-11-14-22(15-12-20)13-10-16-2-4-17(21)5-3-16;/h2-9,20H,10-15H2,1H3;1H. The van der Waals surface area contributed by atoms with Gasteiger partial charge >= 0.3 is 0 Å². The molecule has 25 heavy (non-hydrogen) atoms. The monoisotopic (exact) mass is 397 g/mol. The molecule has 5 heteroatoms. The van der Waals surface area contributed by atoms with Gasteiger partial charge in [0.1, 0.15) is 5.82 Å². The molecule has 0 radical (unpaired) electrons. The zero-order valence-corrected chi connectivity index (χ0v) is 16.9. The smallest absolute Gasteiger partial charge is 0.123 e. The maximum Gasteiger partial charge on any atom is 0.123 e. The summed E-state index contributed by atoms with van der Waals surface area (Å²) < 4.78 is 12.9. The van der Waals surface area contributed by atoms with Crippen molar-refractivity contribution < 1.29 is 4.39 Å². The van der Waals surface area contributed by atoms with Crippen LogP contribution in [0.1, 0.15) is 18.4 Å². The predicted octanol–water partition coefficient (Wildman–Crippen LogP) is 5.77. The van der Waals surface area contributed by atoms with Gasteiger partial charge in [-0.15, -0.1) is 35.9 Å². The van der Waals surface area contributed by atoms with Gasteiger partial charge in [0, 0.05) is 21.6 Å². The fraction of sp³-hybridized carbons (Fsp3) is 0.400. The van der Waals surface area contributed by atoms with Crippen LogP contribution >= 0.6 is 35.9 Å². The Labute approximate surface area is 165 Å². The molecule has 1 aliphatic heterocycles. The summed E-state index contributed by atoms with van der Waals surface area (Å²) in [6.45, 7) is 3.41. The van der Waals surface area contributed by atoms with Crippen molar-refractivity contribution in [2.24, 2.45) is 0 Å². The zero-order valence-electron chi connectivity index (χ0n) is 14.5. The normalized spacial score (nSPS) is 15.8. The van der Waals surface area contributed by atoms with Gasteiger partial charge in [0.05, 0.1) is 0 Å². The van der Waals surface area contributed by atoms with Crippen LogP contribution in [0.5, 0.6) is 0 Å². The highest BCUT2D eigenvalue weighted by Crippen LogP contribution is 2.31. The first kappa shape index (κ1) is 20.6. The third-order valence-electron chi connectivity index (χ3n) is 4.53. The summed E-state index contributed by atoms with van der Waals surface area (Å²) in [6, 6.07) is 15.8. The Hall–Kier alpha value is -0.680. The molecule has 0 unspecified atom stereocenters. The van der Waals surface area contributed by atoms with Crippen molar-refractivity contribution >= 4 is 35.9 Å². The minimum atomic E-state index is -0.151. The second-order valence-corrected chi connectivity index (χ2v) is 8.46. The average molecular weight is 398 g/mol. The molecule has 0 bridgehead atoms. The molecule has 1 nitrogen and oxygen atoms in total. The first-order valence-electron chi connectivity index (χ1n) is 8.50. The average Bonchev–Trinajstić information content (AvgIpc) is 2.63. The number of halogens is 2. The summed E-state index contributed by atoms with van der Waals surface area (Å²) in [5.41, 5.74) is 1.22. The van der Waals surface area contributed by atoms with Crippen molar-refractivity contribution in [1.82, 2.24) is 4.90 Å². The molecule has 1 fully saturated rings. The Bertz CT molecular complexity index is 625. The molecular formula is C20H25ClFNS2. The minimum Gasteiger partial charge on any atom is -0.303 e. The van der Waals surface area contributed by atoms with Gasteiger partial charge in [-0.2, -0.15) is 0 Å². The Morgan fingerprint density at radius 3 is 2.16 bits per heavy atom. The summed E-state index contributed by atoms with van der Waals surface area (Å²) in [6.07, 6.45) is 5.62. The van der Waals surface area contributed by atoms with Crippen LogP contribution in [0.4, 0.5) is 4.39 Å². The molecular weight excluding hydrogens is 373 g/mol. The van der Waals surface area contributed by atoms with Gasteiger partial charge in [-0.3, -0.25) is 0 Å². The van der Waals surface area contributed by atoms with Crippen LogP contribution in [0, 0.1) is 5.82 Å². The molecule has 0 amide bonds. The van der Waals surface area contributed by atoms with E-state index in [0.717, 1.165) is 18.2 Å². The van der Waals surface area contributed by atoms with Crippen LogP contribution in [0.3, 0.4) is 0 Å². The Morgan fingerprint density at radius 1 is 0.960 bits per heavy atom. The molecule has 3 rings (SSSR count). The van der Waals surface area contributed by atoms with E-state index in [0.29, 0.717) is 0 Å². The van der Waals surface area contributed by atoms with Crippen molar-refractivity contribution in [3.05, 3.63) is 59.9 Å². The molecule has 0 saturated carbocycles. The van der Waals surface area contributed by atoms with Crippen LogP contribution in [0.15, 0.2) is 58.3 Å². The third-order valence-corrected chi connectivity index (χ3v) is 6.62. The molecule has 2 aromatic carbocycles. The van der Waals surface area contributed by atoms with E-state index in [1.54, 1.807) is 23.9 Å². The lowest BCUT2D eigenvalue weighted by molar-refractivity contribution is 0.235. The van der Waals surface area contributed by atoms with Gasteiger partial charge in [-0.05, 0) is 80.6 Å². The van der Waals surface area contributed by atoms with Gasteiger partial charge in [0.15, 0.2) is 0 Å².